The van der Waals surface area contributed by atoms with E-state index in [2.05, 4.69) is 52.9 Å². The summed E-state index contributed by atoms with van der Waals surface area (Å²) in [5.41, 5.74) is 1.43. The van der Waals surface area contributed by atoms with E-state index in [0.29, 0.717) is 12.0 Å². The molecule has 1 aromatic rings. The molecule has 0 aliphatic heterocycles. The lowest BCUT2D eigenvalue weighted by Crippen LogP contribution is -2.24. The first kappa shape index (κ1) is 12.0. The average molecular weight is 328 g/mol. The van der Waals surface area contributed by atoms with Gasteiger partial charge in [-0.3, -0.25) is 0 Å². The van der Waals surface area contributed by atoms with Crippen LogP contribution in [0, 0.1) is 0 Å². The van der Waals surface area contributed by atoms with Gasteiger partial charge < -0.3 is 4.74 Å². The van der Waals surface area contributed by atoms with E-state index in [9.17, 15) is 0 Å². The fraction of sp³-hybridized carbons (Fsp3) is 0.429. The highest BCUT2D eigenvalue weighted by Gasteiger charge is 2.26. The van der Waals surface area contributed by atoms with Crippen LogP contribution in [-0.4, -0.2) is 6.10 Å². The second-order valence-corrected chi connectivity index (χ2v) is 4.96. The SMILES string of the molecule is I/C=C/O[C@H]1CCCC[C@@H]1c1ccccc1. The first-order chi connectivity index (χ1) is 7.92. The molecule has 16 heavy (non-hydrogen) atoms. The molecule has 1 fully saturated rings. The van der Waals surface area contributed by atoms with Gasteiger partial charge in [0.05, 0.1) is 6.26 Å². The highest BCUT2D eigenvalue weighted by Crippen LogP contribution is 2.35. The zero-order chi connectivity index (χ0) is 11.2. The Hall–Kier alpha value is -0.510. The van der Waals surface area contributed by atoms with Gasteiger partial charge in [0.15, 0.2) is 0 Å². The molecule has 86 valence electrons. The molecule has 0 radical (unpaired) electrons. The first-order valence-corrected chi connectivity index (χ1v) is 7.12. The van der Waals surface area contributed by atoms with Gasteiger partial charge in [0.2, 0.25) is 0 Å². The van der Waals surface area contributed by atoms with Gasteiger partial charge in [-0.05, 0) is 47.4 Å². The lowest BCUT2D eigenvalue weighted by Gasteiger charge is -2.31. The molecule has 1 aromatic carbocycles. The van der Waals surface area contributed by atoms with Crippen molar-refractivity contribution in [3.8, 4) is 0 Å². The van der Waals surface area contributed by atoms with Gasteiger partial charge in [0.1, 0.15) is 6.10 Å². The van der Waals surface area contributed by atoms with Gasteiger partial charge in [0.25, 0.3) is 0 Å². The van der Waals surface area contributed by atoms with Crippen LogP contribution in [0.1, 0.15) is 37.2 Å². The van der Waals surface area contributed by atoms with Crippen LogP contribution in [-0.2, 0) is 4.74 Å². The number of rotatable bonds is 3. The molecule has 0 heterocycles. The van der Waals surface area contributed by atoms with Crippen molar-refractivity contribution in [2.45, 2.75) is 37.7 Å². The fourth-order valence-electron chi connectivity index (χ4n) is 2.47. The van der Waals surface area contributed by atoms with Gasteiger partial charge in [-0.15, -0.1) is 0 Å². The number of ether oxygens (including phenoxy) is 1. The van der Waals surface area contributed by atoms with Crippen molar-refractivity contribution in [3.63, 3.8) is 0 Å². The van der Waals surface area contributed by atoms with Crippen LogP contribution in [0.3, 0.4) is 0 Å². The van der Waals surface area contributed by atoms with E-state index in [4.69, 9.17) is 4.74 Å². The van der Waals surface area contributed by atoms with Crippen LogP contribution >= 0.6 is 22.6 Å². The zero-order valence-corrected chi connectivity index (χ0v) is 11.5. The van der Waals surface area contributed by atoms with E-state index in [-0.39, 0.29) is 0 Å². The average Bonchev–Trinajstić information content (AvgIpc) is 2.38. The molecule has 2 rings (SSSR count). The minimum Gasteiger partial charge on any atom is -0.497 e. The van der Waals surface area contributed by atoms with E-state index >= 15 is 0 Å². The number of benzene rings is 1. The van der Waals surface area contributed by atoms with E-state index in [1.54, 1.807) is 0 Å². The largest absolute Gasteiger partial charge is 0.497 e. The summed E-state index contributed by atoms with van der Waals surface area (Å²) < 4.78 is 7.75. The maximum absolute atomic E-state index is 5.81. The van der Waals surface area contributed by atoms with Crippen molar-refractivity contribution in [3.05, 3.63) is 46.2 Å². The molecule has 1 nitrogen and oxygen atoms in total. The van der Waals surface area contributed by atoms with Crippen LogP contribution in [0.25, 0.3) is 0 Å². The lowest BCUT2D eigenvalue weighted by molar-refractivity contribution is 0.0853. The number of hydrogen-bond donors (Lipinski definition) is 0. The summed E-state index contributed by atoms with van der Waals surface area (Å²) in [6.45, 7) is 0. The van der Waals surface area contributed by atoms with E-state index in [1.165, 1.54) is 31.2 Å². The molecule has 2 heteroatoms. The van der Waals surface area contributed by atoms with Gasteiger partial charge in [0, 0.05) is 10.0 Å². The monoisotopic (exact) mass is 328 g/mol. The molecule has 0 spiro atoms. The predicted octanol–water partition coefficient (Wildman–Crippen LogP) is 4.64. The second-order valence-electron chi connectivity index (χ2n) is 4.24. The quantitative estimate of drug-likeness (QED) is 0.580. The summed E-state index contributed by atoms with van der Waals surface area (Å²) in [6.07, 6.45) is 7.25. The Kier molecular flexibility index (Phi) is 4.69. The van der Waals surface area contributed by atoms with Crippen molar-refractivity contribution < 1.29 is 4.74 Å². The van der Waals surface area contributed by atoms with Crippen molar-refractivity contribution in [2.24, 2.45) is 0 Å². The predicted molar refractivity (Wildman–Crippen MR) is 75.7 cm³/mol. The van der Waals surface area contributed by atoms with Gasteiger partial charge in [-0.2, -0.15) is 0 Å². The third kappa shape index (κ3) is 3.00. The Balaban J connectivity index is 2.10. The van der Waals surface area contributed by atoms with E-state index < -0.39 is 0 Å². The van der Waals surface area contributed by atoms with E-state index in [1.807, 2.05) is 10.3 Å². The molecule has 0 aromatic heterocycles. The van der Waals surface area contributed by atoms with Gasteiger partial charge in [-0.25, -0.2) is 0 Å². The summed E-state index contributed by atoms with van der Waals surface area (Å²) in [7, 11) is 0. The number of hydrogen-bond acceptors (Lipinski definition) is 1. The van der Waals surface area contributed by atoms with Crippen LogP contribution in [0.15, 0.2) is 40.7 Å². The summed E-state index contributed by atoms with van der Waals surface area (Å²) in [4.78, 5) is 0. The third-order valence-corrected chi connectivity index (χ3v) is 3.53. The summed E-state index contributed by atoms with van der Waals surface area (Å²) in [6, 6.07) is 10.8. The summed E-state index contributed by atoms with van der Waals surface area (Å²) >= 11 is 2.20. The molecule has 0 N–H and O–H groups in total. The molecule has 1 aliphatic carbocycles. The molecular weight excluding hydrogens is 311 g/mol. The topological polar surface area (TPSA) is 9.23 Å². The highest BCUT2D eigenvalue weighted by molar-refractivity contribution is 14.1. The van der Waals surface area contributed by atoms with Crippen molar-refractivity contribution >= 4 is 22.6 Å². The Labute approximate surface area is 111 Å². The van der Waals surface area contributed by atoms with Gasteiger partial charge >= 0.3 is 0 Å². The maximum atomic E-state index is 5.81. The zero-order valence-electron chi connectivity index (χ0n) is 9.31. The Morgan fingerprint density at radius 3 is 2.62 bits per heavy atom. The molecule has 0 saturated heterocycles. The maximum Gasteiger partial charge on any atom is 0.105 e. The minimum atomic E-state index is 0.363. The Morgan fingerprint density at radius 1 is 1.12 bits per heavy atom. The molecule has 2 atom stereocenters. The normalized spacial score (nSPS) is 25.8. The molecule has 1 saturated carbocycles. The van der Waals surface area contributed by atoms with Crippen molar-refractivity contribution in [1.29, 1.82) is 0 Å². The van der Waals surface area contributed by atoms with Crippen molar-refractivity contribution in [2.75, 3.05) is 0 Å². The first-order valence-electron chi connectivity index (χ1n) is 5.87. The molecule has 0 unspecified atom stereocenters. The van der Waals surface area contributed by atoms with Crippen LogP contribution in [0.5, 0.6) is 0 Å². The second kappa shape index (κ2) is 6.28. The summed E-state index contributed by atoms with van der Waals surface area (Å²) in [5, 5.41) is 0. The van der Waals surface area contributed by atoms with Gasteiger partial charge in [-0.1, -0.05) is 36.8 Å². The summed E-state index contributed by atoms with van der Waals surface area (Å²) in [5.74, 6) is 0.572. The molecule has 0 bridgehead atoms. The Morgan fingerprint density at radius 2 is 1.88 bits per heavy atom. The van der Waals surface area contributed by atoms with Crippen LogP contribution in [0.4, 0.5) is 0 Å². The van der Waals surface area contributed by atoms with Crippen LogP contribution < -0.4 is 0 Å². The smallest absolute Gasteiger partial charge is 0.105 e. The minimum absolute atomic E-state index is 0.363. The fourth-order valence-corrected chi connectivity index (χ4v) is 2.64. The van der Waals surface area contributed by atoms with Crippen LogP contribution in [0.2, 0.25) is 0 Å². The van der Waals surface area contributed by atoms with Crippen molar-refractivity contribution in [1.82, 2.24) is 0 Å². The number of halogens is 1. The third-order valence-electron chi connectivity index (χ3n) is 3.24. The standard InChI is InChI=1S/C14H17IO/c15-10-11-16-14-9-5-4-8-13(14)12-6-2-1-3-7-12/h1-3,6-7,10-11,13-14H,4-5,8-9H2/b11-10+/t13-,14+/m1/s1. The van der Waals surface area contributed by atoms with E-state index in [0.717, 1.165) is 0 Å². The molecular formula is C14H17IO. The lowest BCUT2D eigenvalue weighted by atomic mass is 9.81. The Bertz CT molecular complexity index is 334. The highest BCUT2D eigenvalue weighted by atomic mass is 127. The molecule has 1 aliphatic rings. The molecule has 0 amide bonds.